The molecule has 0 heterocycles. The predicted octanol–water partition coefficient (Wildman–Crippen LogP) is 6.06. The second-order valence-corrected chi connectivity index (χ2v) is 6.95. The Morgan fingerprint density at radius 2 is 1.61 bits per heavy atom. The minimum atomic E-state index is 0.0543. The van der Waals surface area contributed by atoms with Gasteiger partial charge in [0.15, 0.2) is 0 Å². The Morgan fingerprint density at radius 3 is 2.35 bits per heavy atom. The predicted molar refractivity (Wildman–Crippen MR) is 98.4 cm³/mol. The van der Waals surface area contributed by atoms with E-state index in [0.717, 1.165) is 12.8 Å². The molecular formula is C23H22. The number of benzene rings is 2. The molecular weight excluding hydrogens is 276 g/mol. The molecule has 0 aliphatic heterocycles. The van der Waals surface area contributed by atoms with Crippen molar-refractivity contribution >= 4 is 5.57 Å². The molecule has 0 N–H and O–H groups in total. The highest BCUT2D eigenvalue weighted by molar-refractivity contribution is 5.92. The van der Waals surface area contributed by atoms with Crippen LogP contribution in [0.25, 0.3) is 5.57 Å². The summed E-state index contributed by atoms with van der Waals surface area (Å²) in [4.78, 5) is 0. The third kappa shape index (κ3) is 2.21. The van der Waals surface area contributed by atoms with Crippen molar-refractivity contribution in [2.45, 2.75) is 32.1 Å². The Morgan fingerprint density at radius 1 is 0.870 bits per heavy atom. The van der Waals surface area contributed by atoms with E-state index < -0.39 is 0 Å². The van der Waals surface area contributed by atoms with E-state index in [4.69, 9.17) is 0 Å². The lowest BCUT2D eigenvalue weighted by Crippen LogP contribution is -2.19. The van der Waals surface area contributed by atoms with Gasteiger partial charge in [-0.2, -0.15) is 0 Å². The molecule has 0 nitrogen and oxygen atoms in total. The molecule has 2 aromatic rings. The van der Waals surface area contributed by atoms with Crippen molar-refractivity contribution in [3.05, 3.63) is 101 Å². The second kappa shape index (κ2) is 5.38. The lowest BCUT2D eigenvalue weighted by atomic mass is 9.76. The van der Waals surface area contributed by atoms with Crippen LogP contribution in [0.3, 0.4) is 0 Å². The van der Waals surface area contributed by atoms with Gasteiger partial charge in [-0.1, -0.05) is 86.7 Å². The van der Waals surface area contributed by atoms with Crippen LogP contribution in [0.5, 0.6) is 0 Å². The Labute approximate surface area is 138 Å². The van der Waals surface area contributed by atoms with Crippen LogP contribution in [0.1, 0.15) is 43.4 Å². The molecule has 2 aliphatic carbocycles. The molecule has 2 aliphatic rings. The lowest BCUT2D eigenvalue weighted by Gasteiger charge is -2.27. The van der Waals surface area contributed by atoms with Gasteiger partial charge in [0.2, 0.25) is 0 Å². The average molecular weight is 298 g/mol. The highest BCUT2D eigenvalue weighted by Crippen LogP contribution is 2.52. The molecule has 0 saturated heterocycles. The first-order valence-electron chi connectivity index (χ1n) is 8.46. The third-order valence-electron chi connectivity index (χ3n) is 5.14. The monoisotopic (exact) mass is 298 g/mol. The van der Waals surface area contributed by atoms with Crippen LogP contribution in [0, 0.1) is 0 Å². The summed E-state index contributed by atoms with van der Waals surface area (Å²) in [5.41, 5.74) is 8.66. The van der Waals surface area contributed by atoms with E-state index in [-0.39, 0.29) is 5.41 Å². The van der Waals surface area contributed by atoms with Gasteiger partial charge in [-0.05, 0) is 46.3 Å². The van der Waals surface area contributed by atoms with Crippen molar-refractivity contribution in [2.75, 3.05) is 0 Å². The molecule has 0 atom stereocenters. The number of allylic oxidation sites excluding steroid dienone is 5. The molecule has 0 saturated carbocycles. The highest BCUT2D eigenvalue weighted by Gasteiger charge is 2.39. The fraction of sp³-hybridized carbons (Fsp3) is 0.217. The maximum absolute atomic E-state index is 2.37. The zero-order valence-electron chi connectivity index (χ0n) is 13.8. The topological polar surface area (TPSA) is 0 Å². The lowest BCUT2D eigenvalue weighted by molar-refractivity contribution is 0.637. The minimum absolute atomic E-state index is 0.0543. The number of fused-ring (bicyclic) bond motifs is 1. The largest absolute Gasteiger partial charge is 0.0842 e. The Balaban J connectivity index is 2.04. The summed E-state index contributed by atoms with van der Waals surface area (Å²) in [7, 11) is 0. The van der Waals surface area contributed by atoms with Crippen molar-refractivity contribution in [3.63, 3.8) is 0 Å². The minimum Gasteiger partial charge on any atom is -0.0842 e. The van der Waals surface area contributed by atoms with E-state index in [2.05, 4.69) is 86.7 Å². The molecule has 0 aromatic heterocycles. The van der Waals surface area contributed by atoms with Crippen LogP contribution < -0.4 is 0 Å². The van der Waals surface area contributed by atoms with Gasteiger partial charge >= 0.3 is 0 Å². The van der Waals surface area contributed by atoms with E-state index in [1.54, 1.807) is 0 Å². The first kappa shape index (κ1) is 14.3. The van der Waals surface area contributed by atoms with E-state index in [0.29, 0.717) is 0 Å². The van der Waals surface area contributed by atoms with Crippen molar-refractivity contribution in [3.8, 4) is 0 Å². The Hall–Kier alpha value is -2.34. The standard InChI is InChI=1S/C23H22/c1-23(2)20-16-10-9-15-19(20)21(17-11-5-3-6-12-17)22(23)18-13-7-4-8-14-18/h3-7,9-13,15-16H,8,14H2,1-2H3. The van der Waals surface area contributed by atoms with E-state index in [9.17, 15) is 0 Å². The second-order valence-electron chi connectivity index (χ2n) is 6.95. The van der Waals surface area contributed by atoms with Gasteiger partial charge in [-0.3, -0.25) is 0 Å². The van der Waals surface area contributed by atoms with Crippen LogP contribution in [0.15, 0.2) is 84.0 Å². The van der Waals surface area contributed by atoms with Crippen LogP contribution in [-0.4, -0.2) is 0 Å². The summed E-state index contributed by atoms with van der Waals surface area (Å²) in [6.45, 7) is 4.74. The molecule has 4 rings (SSSR count). The van der Waals surface area contributed by atoms with Crippen molar-refractivity contribution < 1.29 is 0 Å². The summed E-state index contributed by atoms with van der Waals surface area (Å²) in [5, 5.41) is 0. The van der Waals surface area contributed by atoms with Gasteiger partial charge in [0, 0.05) is 5.41 Å². The molecule has 0 unspecified atom stereocenters. The van der Waals surface area contributed by atoms with Crippen molar-refractivity contribution in [1.29, 1.82) is 0 Å². The van der Waals surface area contributed by atoms with Crippen molar-refractivity contribution in [1.82, 2.24) is 0 Å². The third-order valence-corrected chi connectivity index (χ3v) is 5.14. The number of hydrogen-bond acceptors (Lipinski definition) is 0. The summed E-state index contributed by atoms with van der Waals surface area (Å²) < 4.78 is 0. The molecule has 0 heteroatoms. The van der Waals surface area contributed by atoms with E-state index in [1.807, 2.05) is 0 Å². The first-order valence-corrected chi connectivity index (χ1v) is 8.46. The zero-order valence-corrected chi connectivity index (χ0v) is 13.8. The molecule has 0 bridgehead atoms. The zero-order chi connectivity index (χ0) is 15.9. The molecule has 2 aromatic carbocycles. The quantitative estimate of drug-likeness (QED) is 0.632. The van der Waals surface area contributed by atoms with Crippen LogP contribution in [-0.2, 0) is 5.41 Å². The molecule has 0 radical (unpaired) electrons. The highest BCUT2D eigenvalue weighted by atomic mass is 14.4. The van der Waals surface area contributed by atoms with Gasteiger partial charge < -0.3 is 0 Å². The van der Waals surface area contributed by atoms with Crippen LogP contribution >= 0.6 is 0 Å². The van der Waals surface area contributed by atoms with Crippen LogP contribution in [0.2, 0.25) is 0 Å². The van der Waals surface area contributed by atoms with Gasteiger partial charge in [0.05, 0.1) is 0 Å². The average Bonchev–Trinajstić information content (AvgIpc) is 2.84. The SMILES string of the molecule is CC1(C)C(C2=CC=CCC2)=C(c2ccccc2)c2ccccc21. The summed E-state index contributed by atoms with van der Waals surface area (Å²) >= 11 is 0. The van der Waals surface area contributed by atoms with E-state index in [1.165, 1.54) is 33.4 Å². The van der Waals surface area contributed by atoms with Crippen molar-refractivity contribution in [2.24, 2.45) is 0 Å². The molecule has 0 amide bonds. The molecule has 114 valence electrons. The number of hydrogen-bond donors (Lipinski definition) is 0. The smallest absolute Gasteiger partial charge is 0.0161 e. The summed E-state index contributed by atoms with van der Waals surface area (Å²) in [5.74, 6) is 0. The van der Waals surface area contributed by atoms with E-state index >= 15 is 0 Å². The Kier molecular flexibility index (Phi) is 3.34. The molecule has 0 spiro atoms. The maximum atomic E-state index is 2.37. The van der Waals surface area contributed by atoms with Gasteiger partial charge in [-0.15, -0.1) is 0 Å². The fourth-order valence-corrected chi connectivity index (χ4v) is 4.11. The molecule has 23 heavy (non-hydrogen) atoms. The van der Waals surface area contributed by atoms with Gasteiger partial charge in [-0.25, -0.2) is 0 Å². The Bertz CT molecular complexity index is 829. The van der Waals surface area contributed by atoms with Crippen LogP contribution in [0.4, 0.5) is 0 Å². The molecule has 0 fully saturated rings. The maximum Gasteiger partial charge on any atom is 0.0161 e. The van der Waals surface area contributed by atoms with Gasteiger partial charge in [0.25, 0.3) is 0 Å². The summed E-state index contributed by atoms with van der Waals surface area (Å²) in [6.07, 6.45) is 9.08. The van der Waals surface area contributed by atoms with Gasteiger partial charge in [0.1, 0.15) is 0 Å². The summed E-state index contributed by atoms with van der Waals surface area (Å²) in [6, 6.07) is 19.8. The number of rotatable bonds is 2. The first-order chi connectivity index (χ1) is 11.2. The fourth-order valence-electron chi connectivity index (χ4n) is 4.11. The normalized spacial score (nSPS) is 18.8.